The van der Waals surface area contributed by atoms with Crippen molar-refractivity contribution >= 4 is 11.8 Å². The Kier molecular flexibility index (Phi) is 6.04. The van der Waals surface area contributed by atoms with Crippen molar-refractivity contribution in [3.8, 4) is 23.0 Å². The lowest BCUT2D eigenvalue weighted by molar-refractivity contribution is -0.137. The fraction of sp³-hybridized carbons (Fsp3) is 0.154. The molecule has 2 amide bonds. The number of benzene rings is 3. The third-order valence-corrected chi connectivity index (χ3v) is 5.45. The minimum atomic E-state index is -1.18. The van der Waals surface area contributed by atoms with Gasteiger partial charge in [-0.15, -0.1) is 0 Å². The Morgan fingerprint density at radius 1 is 0.969 bits per heavy atom. The molecular weight excluding hydrogens is 404 g/mol. The van der Waals surface area contributed by atoms with Crippen molar-refractivity contribution in [3.63, 3.8) is 0 Å². The summed E-state index contributed by atoms with van der Waals surface area (Å²) in [6.45, 7) is 1.55. The first-order chi connectivity index (χ1) is 15.5. The molecule has 3 N–H and O–H groups in total. The molecule has 3 aromatic rings. The molecule has 160 valence electrons. The molecule has 0 spiro atoms. The zero-order chi connectivity index (χ0) is 22.7. The van der Waals surface area contributed by atoms with Gasteiger partial charge < -0.3 is 10.0 Å². The van der Waals surface area contributed by atoms with Crippen LogP contribution in [0.5, 0.6) is 0 Å². The molecule has 1 aliphatic rings. The summed E-state index contributed by atoms with van der Waals surface area (Å²) in [5.41, 5.74) is 6.57. The first kappa shape index (κ1) is 21.3. The molecule has 0 saturated heterocycles. The van der Waals surface area contributed by atoms with E-state index in [1.165, 1.54) is 17.3 Å². The highest BCUT2D eigenvalue weighted by Gasteiger charge is 2.38. The van der Waals surface area contributed by atoms with E-state index in [2.05, 4.69) is 24.0 Å². The number of carbonyl (C=O) groups excluding carboxylic acids is 2. The van der Waals surface area contributed by atoms with Crippen molar-refractivity contribution in [2.24, 2.45) is 0 Å². The molecule has 0 unspecified atom stereocenters. The van der Waals surface area contributed by atoms with Crippen LogP contribution in [0.4, 0.5) is 0 Å². The fourth-order valence-electron chi connectivity index (χ4n) is 3.85. The Labute approximate surface area is 186 Å². The van der Waals surface area contributed by atoms with Gasteiger partial charge in [0.15, 0.2) is 0 Å². The molecule has 0 saturated carbocycles. The molecule has 6 heteroatoms. The molecule has 0 fully saturated rings. The van der Waals surface area contributed by atoms with E-state index >= 15 is 0 Å². The molecule has 0 radical (unpaired) electrons. The number of aliphatic hydroxyl groups excluding tert-OH is 1. The van der Waals surface area contributed by atoms with E-state index in [4.69, 9.17) is 5.21 Å². The highest BCUT2D eigenvalue weighted by Crippen LogP contribution is 2.27. The minimum absolute atomic E-state index is 0.151. The van der Waals surface area contributed by atoms with E-state index < -0.39 is 18.1 Å². The maximum absolute atomic E-state index is 12.7. The van der Waals surface area contributed by atoms with E-state index in [-0.39, 0.29) is 12.5 Å². The normalized spacial score (nSPS) is 14.2. The van der Waals surface area contributed by atoms with Crippen LogP contribution in [0.1, 0.15) is 34.0 Å². The van der Waals surface area contributed by atoms with E-state index in [1.54, 1.807) is 12.1 Å². The van der Waals surface area contributed by atoms with Crippen LogP contribution in [0.25, 0.3) is 11.1 Å². The van der Waals surface area contributed by atoms with Gasteiger partial charge >= 0.3 is 0 Å². The lowest BCUT2D eigenvalue weighted by Crippen LogP contribution is -2.52. The van der Waals surface area contributed by atoms with Crippen molar-refractivity contribution in [2.75, 3.05) is 0 Å². The second kappa shape index (κ2) is 9.06. The summed E-state index contributed by atoms with van der Waals surface area (Å²) in [4.78, 5) is 25.9. The molecule has 0 bridgehead atoms. The van der Waals surface area contributed by atoms with Crippen LogP contribution in [0.3, 0.4) is 0 Å². The van der Waals surface area contributed by atoms with Crippen LogP contribution in [-0.4, -0.2) is 39.2 Å². The smallest absolute Gasteiger partial charge is 0.268 e. The molecule has 32 heavy (non-hydrogen) atoms. The second-order valence-electron chi connectivity index (χ2n) is 7.66. The van der Waals surface area contributed by atoms with Crippen LogP contribution < -0.4 is 5.48 Å². The monoisotopic (exact) mass is 426 g/mol. The van der Waals surface area contributed by atoms with Crippen molar-refractivity contribution < 1.29 is 19.9 Å². The summed E-state index contributed by atoms with van der Waals surface area (Å²) in [5.74, 6) is 5.05. The summed E-state index contributed by atoms with van der Waals surface area (Å²) in [5, 5.41) is 18.9. The molecule has 3 aromatic carbocycles. The van der Waals surface area contributed by atoms with E-state index in [1.807, 2.05) is 48.5 Å². The zero-order valence-electron chi connectivity index (χ0n) is 17.4. The summed E-state index contributed by atoms with van der Waals surface area (Å²) in [7, 11) is 0. The lowest BCUT2D eigenvalue weighted by Gasteiger charge is -2.27. The quantitative estimate of drug-likeness (QED) is 0.340. The van der Waals surface area contributed by atoms with Crippen molar-refractivity contribution in [1.29, 1.82) is 0 Å². The van der Waals surface area contributed by atoms with Crippen LogP contribution in [-0.2, 0) is 11.3 Å². The Morgan fingerprint density at radius 3 is 2.25 bits per heavy atom. The number of fused-ring (bicyclic) bond motifs is 1. The zero-order valence-corrected chi connectivity index (χ0v) is 17.4. The van der Waals surface area contributed by atoms with Crippen molar-refractivity contribution in [3.05, 3.63) is 95.1 Å². The van der Waals surface area contributed by atoms with Gasteiger partial charge in [0.2, 0.25) is 0 Å². The number of nitrogens with zero attached hydrogens (tertiary/aromatic N) is 1. The topological polar surface area (TPSA) is 89.9 Å². The SMILES string of the molecule is C[C@@H](O)[C@@H](C(=O)NO)N1Cc2cc(C#Cc3ccc(-c4ccccc4)cc3)ccc2C1=O. The number of hydrogen-bond acceptors (Lipinski definition) is 4. The van der Waals surface area contributed by atoms with Crippen molar-refractivity contribution in [2.45, 2.75) is 25.6 Å². The summed E-state index contributed by atoms with van der Waals surface area (Å²) >= 11 is 0. The first-order valence-corrected chi connectivity index (χ1v) is 10.2. The maximum atomic E-state index is 12.7. The Bertz CT molecular complexity index is 1210. The van der Waals surface area contributed by atoms with Crippen LogP contribution >= 0.6 is 0 Å². The predicted octanol–water partition coefficient (Wildman–Crippen LogP) is 2.96. The number of amides is 2. The van der Waals surface area contributed by atoms with Gasteiger partial charge in [0.1, 0.15) is 6.04 Å². The Balaban J connectivity index is 1.53. The third kappa shape index (κ3) is 4.26. The summed E-state index contributed by atoms with van der Waals surface area (Å²) < 4.78 is 0. The van der Waals surface area contributed by atoms with Crippen LogP contribution in [0.15, 0.2) is 72.8 Å². The largest absolute Gasteiger partial charge is 0.391 e. The Hall–Kier alpha value is -3.92. The highest BCUT2D eigenvalue weighted by molar-refractivity contribution is 6.01. The van der Waals surface area contributed by atoms with E-state index in [0.717, 1.165) is 27.8 Å². The van der Waals surface area contributed by atoms with Gasteiger partial charge in [0.05, 0.1) is 6.10 Å². The van der Waals surface area contributed by atoms with Gasteiger partial charge in [-0.1, -0.05) is 54.3 Å². The van der Waals surface area contributed by atoms with Gasteiger partial charge in [0, 0.05) is 23.2 Å². The number of rotatable bonds is 4. The van der Waals surface area contributed by atoms with Gasteiger partial charge in [-0.3, -0.25) is 14.8 Å². The molecular formula is C26H22N2O4. The molecule has 0 aliphatic carbocycles. The summed E-state index contributed by atoms with van der Waals surface area (Å²) in [6, 6.07) is 22.2. The molecule has 4 rings (SSSR count). The number of hydroxylamine groups is 1. The standard InChI is InChI=1S/C26H22N2O4/c1-17(29)24(25(30)27-32)28-16-22-15-19(11-14-23(22)26(28)31)8-7-18-9-12-21(13-10-18)20-5-3-2-4-6-20/h2-6,9-15,17,24,29,32H,16H2,1H3,(H,27,30)/t17-,24+/m1/s1. The number of aliphatic hydroxyl groups is 1. The van der Waals surface area contributed by atoms with Gasteiger partial charge in [-0.05, 0) is 53.9 Å². The maximum Gasteiger partial charge on any atom is 0.268 e. The molecule has 6 nitrogen and oxygen atoms in total. The molecule has 0 aromatic heterocycles. The average Bonchev–Trinajstić information content (AvgIpc) is 3.13. The minimum Gasteiger partial charge on any atom is -0.391 e. The number of nitrogens with one attached hydrogen (secondary N) is 1. The molecule has 1 aliphatic heterocycles. The lowest BCUT2D eigenvalue weighted by atomic mass is 10.0. The fourth-order valence-corrected chi connectivity index (χ4v) is 3.85. The van der Waals surface area contributed by atoms with Gasteiger partial charge in [-0.25, -0.2) is 5.48 Å². The number of carbonyl (C=O) groups is 2. The number of hydrogen-bond donors (Lipinski definition) is 3. The second-order valence-corrected chi connectivity index (χ2v) is 7.66. The van der Waals surface area contributed by atoms with Crippen LogP contribution in [0, 0.1) is 11.8 Å². The highest BCUT2D eigenvalue weighted by atomic mass is 16.5. The first-order valence-electron chi connectivity index (χ1n) is 10.2. The van der Waals surface area contributed by atoms with Gasteiger partial charge in [-0.2, -0.15) is 0 Å². The molecule has 2 atom stereocenters. The molecule has 1 heterocycles. The summed E-state index contributed by atoms with van der Waals surface area (Å²) in [6.07, 6.45) is -1.14. The van der Waals surface area contributed by atoms with Gasteiger partial charge in [0.25, 0.3) is 11.8 Å². The van der Waals surface area contributed by atoms with E-state index in [0.29, 0.717) is 5.56 Å². The van der Waals surface area contributed by atoms with Crippen molar-refractivity contribution in [1.82, 2.24) is 10.4 Å². The Morgan fingerprint density at radius 2 is 1.59 bits per heavy atom. The third-order valence-electron chi connectivity index (χ3n) is 5.45. The van der Waals surface area contributed by atoms with Crippen LogP contribution in [0.2, 0.25) is 0 Å². The predicted molar refractivity (Wildman–Crippen MR) is 120 cm³/mol. The van der Waals surface area contributed by atoms with E-state index in [9.17, 15) is 14.7 Å². The average molecular weight is 426 g/mol.